The van der Waals surface area contributed by atoms with E-state index in [0.29, 0.717) is 48.5 Å². The van der Waals surface area contributed by atoms with Gasteiger partial charge in [-0.05, 0) is 53.2 Å². The average Bonchev–Trinajstić information content (AvgIpc) is 2.84. The van der Waals surface area contributed by atoms with Gasteiger partial charge in [-0.15, -0.1) is 0 Å². The van der Waals surface area contributed by atoms with Gasteiger partial charge in [0.1, 0.15) is 11.4 Å². The van der Waals surface area contributed by atoms with Gasteiger partial charge in [-0.1, -0.05) is 60.6 Å². The van der Waals surface area contributed by atoms with Crippen molar-refractivity contribution in [3.8, 4) is 0 Å². The maximum atomic E-state index is 11.9. The molecule has 37 heavy (non-hydrogen) atoms. The van der Waals surface area contributed by atoms with E-state index in [9.17, 15) is 9.59 Å². The fraction of sp³-hybridized carbons (Fsp3) is 0.571. The Kier molecular flexibility index (Phi) is 13.1. The van der Waals surface area contributed by atoms with E-state index >= 15 is 0 Å². The van der Waals surface area contributed by atoms with E-state index in [4.69, 9.17) is 9.53 Å². The maximum Gasteiger partial charge on any atom is 0.269 e. The zero-order valence-electron chi connectivity index (χ0n) is 24.0. The van der Waals surface area contributed by atoms with Crippen molar-refractivity contribution in [3.63, 3.8) is 0 Å². The number of hydrogen-bond acceptors (Lipinski definition) is 6. The Morgan fingerprint density at radius 2 is 1.30 bits per heavy atom. The standard InChI is InChI=1S/C17H30N2O2Si.C11H16N2O2/c1-13(2)10-19-16(20)15-9-8-14(11-18-15)12-21-22(6,7)17(3,4)5;1-8(2)5-13-11(15)10-4-3-9(7-14)6-12-10/h8-9,11,13H,10,12H2,1-7H3,(H,19,20);3-4,6,8,14H,5,7H2,1-2H3,(H,13,15). The summed E-state index contributed by atoms with van der Waals surface area (Å²) in [5.74, 6) is 0.561. The predicted molar refractivity (Wildman–Crippen MR) is 151 cm³/mol. The monoisotopic (exact) mass is 530 g/mol. The summed E-state index contributed by atoms with van der Waals surface area (Å²) in [4.78, 5) is 31.6. The molecule has 0 spiro atoms. The second-order valence-electron chi connectivity index (χ2n) is 11.5. The fourth-order valence-electron chi connectivity index (χ4n) is 2.55. The zero-order valence-corrected chi connectivity index (χ0v) is 25.0. The Morgan fingerprint density at radius 3 is 1.62 bits per heavy atom. The number of aromatic nitrogens is 2. The summed E-state index contributed by atoms with van der Waals surface area (Å²) in [7, 11) is -1.76. The van der Waals surface area contributed by atoms with Gasteiger partial charge in [0.05, 0.1) is 13.2 Å². The van der Waals surface area contributed by atoms with Crippen molar-refractivity contribution in [1.82, 2.24) is 20.6 Å². The van der Waals surface area contributed by atoms with E-state index in [0.717, 1.165) is 5.56 Å². The average molecular weight is 531 g/mol. The van der Waals surface area contributed by atoms with Crippen molar-refractivity contribution in [2.75, 3.05) is 13.1 Å². The van der Waals surface area contributed by atoms with E-state index < -0.39 is 8.32 Å². The topological polar surface area (TPSA) is 113 Å². The molecular formula is C28H46N4O4Si. The van der Waals surface area contributed by atoms with Gasteiger partial charge in [0.25, 0.3) is 11.8 Å². The molecule has 0 unspecified atom stereocenters. The number of carbonyl (C=O) groups is 2. The van der Waals surface area contributed by atoms with Gasteiger partial charge in [-0.2, -0.15) is 0 Å². The summed E-state index contributed by atoms with van der Waals surface area (Å²) >= 11 is 0. The van der Waals surface area contributed by atoms with Crippen LogP contribution >= 0.6 is 0 Å². The lowest BCUT2D eigenvalue weighted by atomic mass is 10.2. The third-order valence-corrected chi connectivity index (χ3v) is 10.5. The van der Waals surface area contributed by atoms with Gasteiger partial charge < -0.3 is 20.2 Å². The van der Waals surface area contributed by atoms with Crippen LogP contribution in [0.4, 0.5) is 0 Å². The Balaban J connectivity index is 0.000000397. The summed E-state index contributed by atoms with van der Waals surface area (Å²) < 4.78 is 6.16. The summed E-state index contributed by atoms with van der Waals surface area (Å²) in [6.07, 6.45) is 3.24. The quantitative estimate of drug-likeness (QED) is 0.375. The third-order valence-electron chi connectivity index (χ3n) is 6.04. The van der Waals surface area contributed by atoms with Gasteiger partial charge in [0.2, 0.25) is 0 Å². The minimum absolute atomic E-state index is 0.0547. The third kappa shape index (κ3) is 12.0. The first kappa shape index (κ1) is 32.4. The molecule has 0 aromatic carbocycles. The molecule has 2 rings (SSSR count). The van der Waals surface area contributed by atoms with Crippen molar-refractivity contribution < 1.29 is 19.1 Å². The van der Waals surface area contributed by atoms with Crippen LogP contribution in [-0.4, -0.2) is 48.3 Å². The zero-order chi connectivity index (χ0) is 28.2. The first-order chi connectivity index (χ1) is 17.2. The lowest BCUT2D eigenvalue weighted by molar-refractivity contribution is 0.0936. The Labute approximate surface area is 223 Å². The van der Waals surface area contributed by atoms with Gasteiger partial charge in [0.15, 0.2) is 8.32 Å². The smallest absolute Gasteiger partial charge is 0.269 e. The summed E-state index contributed by atoms with van der Waals surface area (Å²) in [6.45, 7) is 21.1. The molecule has 2 aromatic heterocycles. The predicted octanol–water partition coefficient (Wildman–Crippen LogP) is 4.95. The number of aliphatic hydroxyl groups excluding tert-OH is 1. The molecule has 2 heterocycles. The van der Waals surface area contributed by atoms with Crippen LogP contribution in [0, 0.1) is 11.8 Å². The molecule has 0 aliphatic carbocycles. The van der Waals surface area contributed by atoms with Crippen molar-refractivity contribution in [2.24, 2.45) is 11.8 Å². The first-order valence-electron chi connectivity index (χ1n) is 12.9. The van der Waals surface area contributed by atoms with Gasteiger partial charge >= 0.3 is 0 Å². The lowest BCUT2D eigenvalue weighted by Crippen LogP contribution is -2.40. The van der Waals surface area contributed by atoms with Gasteiger partial charge in [0, 0.05) is 25.5 Å². The largest absolute Gasteiger partial charge is 0.413 e. The number of aliphatic hydroxyl groups is 1. The first-order valence-corrected chi connectivity index (χ1v) is 15.8. The molecule has 0 bridgehead atoms. The molecule has 2 aromatic rings. The maximum absolute atomic E-state index is 11.9. The van der Waals surface area contributed by atoms with Crippen molar-refractivity contribution in [2.45, 2.75) is 79.8 Å². The minimum atomic E-state index is -1.76. The van der Waals surface area contributed by atoms with E-state index in [1.807, 2.05) is 19.9 Å². The molecule has 0 saturated heterocycles. The van der Waals surface area contributed by atoms with Crippen LogP contribution in [0.15, 0.2) is 36.7 Å². The van der Waals surface area contributed by atoms with Gasteiger partial charge in [-0.25, -0.2) is 0 Å². The minimum Gasteiger partial charge on any atom is -0.413 e. The van der Waals surface area contributed by atoms with Crippen molar-refractivity contribution >= 4 is 20.1 Å². The number of pyridine rings is 2. The highest BCUT2D eigenvalue weighted by molar-refractivity contribution is 6.74. The lowest BCUT2D eigenvalue weighted by Gasteiger charge is -2.36. The van der Waals surface area contributed by atoms with E-state index in [-0.39, 0.29) is 23.5 Å². The van der Waals surface area contributed by atoms with Crippen LogP contribution < -0.4 is 10.6 Å². The van der Waals surface area contributed by atoms with Crippen LogP contribution in [0.5, 0.6) is 0 Å². The molecule has 8 nitrogen and oxygen atoms in total. The van der Waals surface area contributed by atoms with E-state index in [1.54, 1.807) is 24.4 Å². The number of carbonyl (C=O) groups excluding carboxylic acids is 2. The second-order valence-corrected chi connectivity index (χ2v) is 16.3. The number of rotatable bonds is 10. The molecule has 3 N–H and O–H groups in total. The normalized spacial score (nSPS) is 11.7. The molecule has 0 fully saturated rings. The molecule has 0 saturated carbocycles. The SMILES string of the molecule is CC(C)CNC(=O)c1ccc(CO)cn1.CC(C)CNC(=O)c1ccc(CO[Si](C)(C)C(C)(C)C)cn1. The van der Waals surface area contributed by atoms with E-state index in [2.05, 4.69) is 68.3 Å². The molecule has 0 aliphatic heterocycles. The number of nitrogens with one attached hydrogen (secondary N) is 2. The highest BCUT2D eigenvalue weighted by atomic mass is 28.4. The molecule has 0 radical (unpaired) electrons. The Morgan fingerprint density at radius 1 is 0.865 bits per heavy atom. The molecule has 206 valence electrons. The molecule has 0 atom stereocenters. The number of nitrogens with zero attached hydrogens (tertiary/aromatic N) is 2. The molecule has 9 heteroatoms. The van der Waals surface area contributed by atoms with Gasteiger partial charge in [-0.3, -0.25) is 19.6 Å². The number of hydrogen-bond donors (Lipinski definition) is 3. The fourth-order valence-corrected chi connectivity index (χ4v) is 3.51. The van der Waals surface area contributed by atoms with Crippen LogP contribution in [-0.2, 0) is 17.6 Å². The molecule has 2 amide bonds. The highest BCUT2D eigenvalue weighted by Crippen LogP contribution is 2.37. The summed E-state index contributed by atoms with van der Waals surface area (Å²) in [5, 5.41) is 14.6. The Bertz CT molecular complexity index is 969. The second kappa shape index (κ2) is 14.9. The number of amides is 2. The molecular weight excluding hydrogens is 484 g/mol. The van der Waals surface area contributed by atoms with Crippen LogP contribution in [0.25, 0.3) is 0 Å². The molecule has 0 aliphatic rings. The summed E-state index contributed by atoms with van der Waals surface area (Å²) in [6, 6.07) is 6.99. The van der Waals surface area contributed by atoms with Crippen molar-refractivity contribution in [3.05, 3.63) is 59.2 Å². The van der Waals surface area contributed by atoms with Crippen LogP contribution in [0.2, 0.25) is 18.1 Å². The summed E-state index contributed by atoms with van der Waals surface area (Å²) in [5.41, 5.74) is 2.55. The van der Waals surface area contributed by atoms with E-state index in [1.165, 1.54) is 6.20 Å². The van der Waals surface area contributed by atoms with Crippen molar-refractivity contribution in [1.29, 1.82) is 0 Å². The van der Waals surface area contributed by atoms with Crippen LogP contribution in [0.1, 0.15) is 80.6 Å². The Hall–Kier alpha value is -2.62. The highest BCUT2D eigenvalue weighted by Gasteiger charge is 2.37. The van der Waals surface area contributed by atoms with Crippen LogP contribution in [0.3, 0.4) is 0 Å².